The molecule has 3 rings (SSSR count). The lowest BCUT2D eigenvalue weighted by molar-refractivity contribution is -0.114. The van der Waals surface area contributed by atoms with Crippen molar-refractivity contribution >= 4 is 27.3 Å². The number of methoxy groups -OCH3 is 1. The Labute approximate surface area is 175 Å². The Bertz CT molecular complexity index is 1020. The fraction of sp³-hybridized carbons (Fsp3) is 0.350. The molecule has 0 spiro atoms. The molecule has 0 aromatic heterocycles. The fourth-order valence-electron chi connectivity index (χ4n) is 3.05. The van der Waals surface area contributed by atoms with Crippen LogP contribution >= 0.6 is 0 Å². The van der Waals surface area contributed by atoms with Crippen LogP contribution < -0.4 is 15.4 Å². The summed E-state index contributed by atoms with van der Waals surface area (Å²) < 4.78 is 51.2. The molecule has 1 heterocycles. The van der Waals surface area contributed by atoms with Gasteiger partial charge in [0.2, 0.25) is 15.9 Å². The maximum atomic E-state index is 13.4. The van der Waals surface area contributed by atoms with E-state index in [2.05, 4.69) is 10.6 Å². The Morgan fingerprint density at radius 1 is 1.20 bits per heavy atom. The van der Waals surface area contributed by atoms with Gasteiger partial charge >= 0.3 is 0 Å². The highest BCUT2D eigenvalue weighted by Gasteiger charge is 2.29. The predicted octanol–water partition coefficient (Wildman–Crippen LogP) is 2.21. The van der Waals surface area contributed by atoms with Gasteiger partial charge in [-0.25, -0.2) is 12.8 Å². The first-order chi connectivity index (χ1) is 14.3. The van der Waals surface area contributed by atoms with Gasteiger partial charge < -0.3 is 20.1 Å². The minimum Gasteiger partial charge on any atom is -0.495 e. The van der Waals surface area contributed by atoms with Crippen molar-refractivity contribution in [2.45, 2.75) is 11.8 Å². The zero-order valence-electron chi connectivity index (χ0n) is 16.8. The molecule has 0 radical (unpaired) electrons. The Kier molecular flexibility index (Phi) is 6.91. The number of benzene rings is 2. The molecule has 1 amide bonds. The third kappa shape index (κ3) is 5.07. The highest BCUT2D eigenvalue weighted by atomic mass is 32.2. The molecule has 2 N–H and O–H groups in total. The Morgan fingerprint density at radius 3 is 2.63 bits per heavy atom. The molecule has 1 saturated heterocycles. The highest BCUT2D eigenvalue weighted by Crippen LogP contribution is 2.30. The zero-order valence-corrected chi connectivity index (χ0v) is 17.6. The van der Waals surface area contributed by atoms with E-state index in [1.54, 1.807) is 19.1 Å². The molecular formula is C20H24FN3O5S. The van der Waals surface area contributed by atoms with E-state index < -0.39 is 21.7 Å². The van der Waals surface area contributed by atoms with Gasteiger partial charge in [-0.05, 0) is 42.8 Å². The van der Waals surface area contributed by atoms with Gasteiger partial charge in [-0.1, -0.05) is 6.07 Å². The van der Waals surface area contributed by atoms with Crippen LogP contribution in [0.4, 0.5) is 15.8 Å². The smallest absolute Gasteiger partial charge is 0.246 e. The molecule has 2 aromatic carbocycles. The van der Waals surface area contributed by atoms with Gasteiger partial charge in [0.15, 0.2) is 0 Å². The number of hydrogen-bond acceptors (Lipinski definition) is 6. The van der Waals surface area contributed by atoms with E-state index in [9.17, 15) is 17.6 Å². The van der Waals surface area contributed by atoms with Crippen LogP contribution in [0.1, 0.15) is 5.56 Å². The van der Waals surface area contributed by atoms with Gasteiger partial charge in [0, 0.05) is 24.5 Å². The van der Waals surface area contributed by atoms with Crippen LogP contribution in [0.15, 0.2) is 41.3 Å². The zero-order chi connectivity index (χ0) is 21.7. The molecule has 30 heavy (non-hydrogen) atoms. The summed E-state index contributed by atoms with van der Waals surface area (Å²) in [5.74, 6) is -0.622. The monoisotopic (exact) mass is 437 g/mol. The maximum absolute atomic E-state index is 13.4. The lowest BCUT2D eigenvalue weighted by atomic mass is 10.2. The van der Waals surface area contributed by atoms with Crippen LogP contribution in [0.5, 0.6) is 5.75 Å². The average Bonchev–Trinajstić information content (AvgIpc) is 2.75. The van der Waals surface area contributed by atoms with Crippen LogP contribution in [-0.2, 0) is 19.6 Å². The fourth-order valence-corrected chi connectivity index (χ4v) is 4.64. The van der Waals surface area contributed by atoms with Crippen LogP contribution in [0.3, 0.4) is 0 Å². The summed E-state index contributed by atoms with van der Waals surface area (Å²) in [6.45, 7) is 2.83. The number of amides is 1. The van der Waals surface area contributed by atoms with Gasteiger partial charge in [0.25, 0.3) is 0 Å². The van der Waals surface area contributed by atoms with Gasteiger partial charge in [-0.3, -0.25) is 4.79 Å². The van der Waals surface area contributed by atoms with E-state index in [4.69, 9.17) is 9.47 Å². The van der Waals surface area contributed by atoms with Gasteiger partial charge in [-0.15, -0.1) is 0 Å². The molecule has 1 aliphatic heterocycles. The maximum Gasteiger partial charge on any atom is 0.246 e. The predicted molar refractivity (Wildman–Crippen MR) is 111 cm³/mol. The summed E-state index contributed by atoms with van der Waals surface area (Å²) in [5, 5.41) is 5.53. The number of morpholine rings is 1. The molecule has 1 fully saturated rings. The number of carbonyl (C=O) groups is 1. The van der Waals surface area contributed by atoms with Crippen LogP contribution in [0.2, 0.25) is 0 Å². The second-order valence-corrected chi connectivity index (χ2v) is 8.65. The van der Waals surface area contributed by atoms with Crippen molar-refractivity contribution in [3.63, 3.8) is 0 Å². The minimum atomic E-state index is -3.81. The highest BCUT2D eigenvalue weighted by molar-refractivity contribution is 7.89. The molecule has 0 unspecified atom stereocenters. The first-order valence-electron chi connectivity index (χ1n) is 9.37. The molecular weight excluding hydrogens is 413 g/mol. The lowest BCUT2D eigenvalue weighted by Crippen LogP contribution is -2.40. The molecule has 162 valence electrons. The quantitative estimate of drug-likeness (QED) is 0.690. The van der Waals surface area contributed by atoms with Crippen molar-refractivity contribution in [2.24, 2.45) is 0 Å². The molecule has 0 saturated carbocycles. The standard InChI is InChI=1S/C20H24FN3O5S/c1-14-3-4-15(21)11-17(14)22-13-20(25)23-16-5-6-18(28-2)19(12-16)30(26,27)24-7-9-29-10-8-24/h3-6,11-12,22H,7-10,13H2,1-2H3,(H,23,25). The number of anilines is 2. The van der Waals surface area contributed by atoms with Crippen molar-refractivity contribution in [2.75, 3.05) is 50.6 Å². The van der Waals surface area contributed by atoms with Gasteiger partial charge in [0.1, 0.15) is 16.5 Å². The number of rotatable bonds is 7. The Hall–Kier alpha value is -2.69. The van der Waals surface area contributed by atoms with Crippen LogP contribution in [0, 0.1) is 12.7 Å². The molecule has 8 nitrogen and oxygen atoms in total. The van der Waals surface area contributed by atoms with Gasteiger partial charge in [-0.2, -0.15) is 4.31 Å². The van der Waals surface area contributed by atoms with Crippen molar-refractivity contribution in [1.29, 1.82) is 0 Å². The number of aryl methyl sites for hydroxylation is 1. The van der Waals surface area contributed by atoms with Crippen molar-refractivity contribution in [1.82, 2.24) is 4.31 Å². The number of nitrogens with one attached hydrogen (secondary N) is 2. The number of hydrogen-bond donors (Lipinski definition) is 2. The third-order valence-corrected chi connectivity index (χ3v) is 6.59. The second-order valence-electron chi connectivity index (χ2n) is 6.74. The second kappa shape index (κ2) is 9.41. The normalized spacial score (nSPS) is 14.9. The lowest BCUT2D eigenvalue weighted by Gasteiger charge is -2.26. The van der Waals surface area contributed by atoms with Crippen molar-refractivity contribution < 1.29 is 27.1 Å². The molecule has 0 atom stereocenters. The number of halogens is 1. The third-order valence-electron chi connectivity index (χ3n) is 4.67. The topological polar surface area (TPSA) is 97.0 Å². The minimum absolute atomic E-state index is 0.0290. The average molecular weight is 437 g/mol. The molecule has 1 aliphatic rings. The first-order valence-corrected chi connectivity index (χ1v) is 10.8. The summed E-state index contributed by atoms with van der Waals surface area (Å²) >= 11 is 0. The van der Waals surface area contributed by atoms with Gasteiger partial charge in [0.05, 0.1) is 26.9 Å². The number of carbonyl (C=O) groups excluding carboxylic acids is 1. The molecule has 10 heteroatoms. The summed E-state index contributed by atoms with van der Waals surface area (Å²) in [6, 6.07) is 8.68. The Balaban J connectivity index is 1.74. The van der Waals surface area contributed by atoms with E-state index in [0.717, 1.165) is 5.56 Å². The van der Waals surface area contributed by atoms with E-state index in [1.807, 2.05) is 0 Å². The number of sulfonamides is 1. The van der Waals surface area contributed by atoms with Crippen LogP contribution in [0.25, 0.3) is 0 Å². The molecule has 2 aromatic rings. The summed E-state index contributed by atoms with van der Waals surface area (Å²) in [5.41, 5.74) is 1.62. The van der Waals surface area contributed by atoms with E-state index >= 15 is 0 Å². The Morgan fingerprint density at radius 2 is 1.93 bits per heavy atom. The van der Waals surface area contributed by atoms with Crippen molar-refractivity contribution in [3.8, 4) is 5.75 Å². The molecule has 0 bridgehead atoms. The van der Waals surface area contributed by atoms with E-state index in [1.165, 1.54) is 35.7 Å². The summed E-state index contributed by atoms with van der Waals surface area (Å²) in [7, 11) is -2.42. The van der Waals surface area contributed by atoms with Crippen molar-refractivity contribution in [3.05, 3.63) is 47.8 Å². The van der Waals surface area contributed by atoms with E-state index in [0.29, 0.717) is 24.6 Å². The summed E-state index contributed by atoms with van der Waals surface area (Å²) in [6.07, 6.45) is 0. The molecule has 0 aliphatic carbocycles. The largest absolute Gasteiger partial charge is 0.495 e. The first kappa shape index (κ1) is 22.0. The number of ether oxygens (including phenoxy) is 2. The number of nitrogens with zero attached hydrogens (tertiary/aromatic N) is 1. The van der Waals surface area contributed by atoms with Crippen LogP contribution in [-0.4, -0.2) is 58.6 Å². The summed E-state index contributed by atoms with van der Waals surface area (Å²) in [4.78, 5) is 12.3. The SMILES string of the molecule is COc1ccc(NC(=O)CNc2cc(F)ccc2C)cc1S(=O)(=O)N1CCOCC1. The van der Waals surface area contributed by atoms with E-state index in [-0.39, 0.29) is 30.3 Å².